The number of unbranched alkanes of at least 4 members (excludes halogenated alkanes) is 1. The van der Waals surface area contributed by atoms with Crippen molar-refractivity contribution in [3.05, 3.63) is 59.7 Å². The molecule has 2 aromatic rings. The molecule has 3 heteroatoms. The number of nitrogens with one attached hydrogen (secondary N) is 1. The molecule has 0 aliphatic carbocycles. The van der Waals surface area contributed by atoms with E-state index in [0.29, 0.717) is 17.7 Å². The Morgan fingerprint density at radius 3 is 2.14 bits per heavy atom. The number of carbonyl (C=O) groups excluding carboxylic acids is 1. The first kappa shape index (κ1) is 14.8. The molecule has 0 unspecified atom stereocenters. The van der Waals surface area contributed by atoms with Gasteiger partial charge in [-0.1, -0.05) is 37.6 Å². The maximum absolute atomic E-state index is 11.9. The molecule has 0 aliphatic heterocycles. The van der Waals surface area contributed by atoms with Crippen LogP contribution in [0.4, 0.5) is 0 Å². The van der Waals surface area contributed by atoms with Gasteiger partial charge in [0.1, 0.15) is 0 Å². The normalized spacial score (nSPS) is 9.90. The summed E-state index contributed by atoms with van der Waals surface area (Å²) in [5.41, 5.74) is 3.38. The molecule has 2 aromatic carbocycles. The Balaban J connectivity index is 2.07. The molecule has 0 aliphatic rings. The fourth-order valence-electron chi connectivity index (χ4n) is 2.03. The summed E-state index contributed by atoms with van der Waals surface area (Å²) in [6, 6.07) is 17.0. The van der Waals surface area contributed by atoms with Gasteiger partial charge in [-0.3, -0.25) is 4.79 Å². The van der Waals surface area contributed by atoms with Gasteiger partial charge < -0.3 is 5.32 Å². The Kier molecular flexibility index (Phi) is 5.11. The van der Waals surface area contributed by atoms with Gasteiger partial charge in [0.25, 0.3) is 5.91 Å². The highest BCUT2D eigenvalue weighted by Gasteiger charge is 2.05. The molecule has 0 heterocycles. The van der Waals surface area contributed by atoms with E-state index in [9.17, 15) is 4.79 Å². The molecular formula is C18H18N2O. The summed E-state index contributed by atoms with van der Waals surface area (Å²) in [4.78, 5) is 11.9. The maximum Gasteiger partial charge on any atom is 0.251 e. The second-order valence-electron chi connectivity index (χ2n) is 4.88. The van der Waals surface area contributed by atoms with Crippen molar-refractivity contribution in [2.45, 2.75) is 19.8 Å². The lowest BCUT2D eigenvalue weighted by molar-refractivity contribution is 0.0953. The Labute approximate surface area is 125 Å². The number of carbonyl (C=O) groups is 1. The van der Waals surface area contributed by atoms with E-state index < -0.39 is 0 Å². The minimum Gasteiger partial charge on any atom is -0.352 e. The lowest BCUT2D eigenvalue weighted by Gasteiger charge is -2.06. The zero-order valence-corrected chi connectivity index (χ0v) is 12.1. The molecule has 3 nitrogen and oxygen atoms in total. The van der Waals surface area contributed by atoms with Gasteiger partial charge in [0.15, 0.2) is 0 Å². The van der Waals surface area contributed by atoms with Crippen LogP contribution in [0.2, 0.25) is 0 Å². The molecule has 0 aromatic heterocycles. The molecule has 0 bridgehead atoms. The number of amides is 1. The summed E-state index contributed by atoms with van der Waals surface area (Å²) in [7, 11) is 0. The minimum atomic E-state index is -0.0326. The Hall–Kier alpha value is -2.60. The van der Waals surface area contributed by atoms with Crippen LogP contribution in [0, 0.1) is 11.3 Å². The van der Waals surface area contributed by atoms with E-state index in [0.717, 1.165) is 24.0 Å². The zero-order valence-electron chi connectivity index (χ0n) is 12.1. The Morgan fingerprint density at radius 1 is 1.05 bits per heavy atom. The summed E-state index contributed by atoms with van der Waals surface area (Å²) in [6.07, 6.45) is 2.06. The van der Waals surface area contributed by atoms with Gasteiger partial charge in [-0.2, -0.15) is 5.26 Å². The zero-order chi connectivity index (χ0) is 15.1. The summed E-state index contributed by atoms with van der Waals surface area (Å²) >= 11 is 0. The highest BCUT2D eigenvalue weighted by atomic mass is 16.1. The first-order chi connectivity index (χ1) is 10.2. The van der Waals surface area contributed by atoms with E-state index in [2.05, 4.69) is 18.3 Å². The smallest absolute Gasteiger partial charge is 0.251 e. The molecule has 0 radical (unpaired) electrons. The van der Waals surface area contributed by atoms with Crippen molar-refractivity contribution < 1.29 is 4.79 Å². The van der Waals surface area contributed by atoms with Crippen molar-refractivity contribution in [3.63, 3.8) is 0 Å². The Bertz CT molecular complexity index is 636. The maximum atomic E-state index is 11.9. The van der Waals surface area contributed by atoms with Gasteiger partial charge >= 0.3 is 0 Å². The van der Waals surface area contributed by atoms with Gasteiger partial charge in [-0.15, -0.1) is 0 Å². The van der Waals surface area contributed by atoms with Crippen LogP contribution in [-0.2, 0) is 0 Å². The van der Waals surface area contributed by atoms with E-state index in [1.165, 1.54) is 0 Å². The molecule has 106 valence electrons. The van der Waals surface area contributed by atoms with Crippen molar-refractivity contribution in [2.24, 2.45) is 0 Å². The third kappa shape index (κ3) is 3.93. The lowest BCUT2D eigenvalue weighted by atomic mass is 10.0. The third-order valence-corrected chi connectivity index (χ3v) is 3.31. The molecular weight excluding hydrogens is 260 g/mol. The van der Waals surface area contributed by atoms with Crippen molar-refractivity contribution in [2.75, 3.05) is 6.54 Å². The number of benzene rings is 2. The molecule has 0 spiro atoms. The standard InChI is InChI=1S/C18H18N2O/c1-2-3-12-20-18(21)17-10-8-16(9-11-17)15-6-4-14(13-19)5-7-15/h4-11H,2-3,12H2,1H3,(H,20,21). The summed E-state index contributed by atoms with van der Waals surface area (Å²) in [5.74, 6) is -0.0326. The third-order valence-electron chi connectivity index (χ3n) is 3.31. The van der Waals surface area contributed by atoms with Crippen LogP contribution in [0.15, 0.2) is 48.5 Å². The molecule has 0 atom stereocenters. The minimum absolute atomic E-state index is 0.0326. The second-order valence-corrected chi connectivity index (χ2v) is 4.88. The van der Waals surface area contributed by atoms with E-state index >= 15 is 0 Å². The molecule has 21 heavy (non-hydrogen) atoms. The van der Waals surface area contributed by atoms with E-state index in [1.54, 1.807) is 12.1 Å². The van der Waals surface area contributed by atoms with E-state index in [1.807, 2.05) is 36.4 Å². The van der Waals surface area contributed by atoms with Crippen LogP contribution >= 0.6 is 0 Å². The monoisotopic (exact) mass is 278 g/mol. The van der Waals surface area contributed by atoms with Gasteiger partial charge in [0, 0.05) is 12.1 Å². The van der Waals surface area contributed by atoms with Crippen LogP contribution in [0.25, 0.3) is 11.1 Å². The average molecular weight is 278 g/mol. The number of hydrogen-bond acceptors (Lipinski definition) is 2. The molecule has 2 rings (SSSR count). The van der Waals surface area contributed by atoms with Gasteiger partial charge in [-0.25, -0.2) is 0 Å². The van der Waals surface area contributed by atoms with Crippen LogP contribution in [0.5, 0.6) is 0 Å². The second kappa shape index (κ2) is 7.25. The number of nitrogens with zero attached hydrogens (tertiary/aromatic N) is 1. The first-order valence-electron chi connectivity index (χ1n) is 7.13. The van der Waals surface area contributed by atoms with Crippen molar-refractivity contribution in [3.8, 4) is 17.2 Å². The highest BCUT2D eigenvalue weighted by Crippen LogP contribution is 2.20. The topological polar surface area (TPSA) is 52.9 Å². The van der Waals surface area contributed by atoms with E-state index in [-0.39, 0.29) is 5.91 Å². The fourth-order valence-corrected chi connectivity index (χ4v) is 2.03. The molecule has 0 fully saturated rings. The SMILES string of the molecule is CCCCNC(=O)c1ccc(-c2ccc(C#N)cc2)cc1. The number of hydrogen-bond donors (Lipinski definition) is 1. The predicted octanol–water partition coefficient (Wildman–Crippen LogP) is 3.76. The molecule has 1 amide bonds. The van der Waals surface area contributed by atoms with Crippen LogP contribution in [0.1, 0.15) is 35.7 Å². The molecule has 0 saturated heterocycles. The quantitative estimate of drug-likeness (QED) is 0.847. The van der Waals surface area contributed by atoms with Crippen LogP contribution in [0.3, 0.4) is 0 Å². The Morgan fingerprint density at radius 2 is 1.62 bits per heavy atom. The van der Waals surface area contributed by atoms with Gasteiger partial charge in [0.05, 0.1) is 11.6 Å². The summed E-state index contributed by atoms with van der Waals surface area (Å²) in [5, 5.41) is 11.7. The predicted molar refractivity (Wildman–Crippen MR) is 83.8 cm³/mol. The van der Waals surface area contributed by atoms with Crippen molar-refractivity contribution >= 4 is 5.91 Å². The summed E-state index contributed by atoms with van der Waals surface area (Å²) in [6.45, 7) is 2.81. The molecule has 0 saturated carbocycles. The van der Waals surface area contributed by atoms with Crippen LogP contribution in [-0.4, -0.2) is 12.5 Å². The fraction of sp³-hybridized carbons (Fsp3) is 0.222. The lowest BCUT2D eigenvalue weighted by Crippen LogP contribution is -2.24. The van der Waals surface area contributed by atoms with E-state index in [4.69, 9.17) is 5.26 Å². The summed E-state index contributed by atoms with van der Waals surface area (Å²) < 4.78 is 0. The van der Waals surface area contributed by atoms with Crippen LogP contribution < -0.4 is 5.32 Å². The molecule has 1 N–H and O–H groups in total. The number of nitriles is 1. The van der Waals surface area contributed by atoms with Gasteiger partial charge in [0.2, 0.25) is 0 Å². The van der Waals surface area contributed by atoms with Crippen molar-refractivity contribution in [1.82, 2.24) is 5.32 Å². The number of rotatable bonds is 5. The first-order valence-corrected chi connectivity index (χ1v) is 7.13. The largest absolute Gasteiger partial charge is 0.352 e. The highest BCUT2D eigenvalue weighted by molar-refractivity contribution is 5.94. The average Bonchev–Trinajstić information content (AvgIpc) is 2.55. The van der Waals surface area contributed by atoms with Crippen molar-refractivity contribution in [1.29, 1.82) is 5.26 Å². The van der Waals surface area contributed by atoms with Gasteiger partial charge in [-0.05, 0) is 41.8 Å².